The van der Waals surface area contributed by atoms with Gasteiger partial charge in [0.05, 0.1) is 25.6 Å². The number of carbonyl (C=O) groups is 1. The molecule has 1 heterocycles. The lowest BCUT2D eigenvalue weighted by molar-refractivity contribution is -0.124. The van der Waals surface area contributed by atoms with Crippen molar-refractivity contribution >= 4 is 29.1 Å². The Bertz CT molecular complexity index is 758. The molecule has 0 atom stereocenters. The van der Waals surface area contributed by atoms with Crippen LogP contribution in [0.25, 0.3) is 0 Å². The van der Waals surface area contributed by atoms with Crippen molar-refractivity contribution in [3.05, 3.63) is 65.7 Å². The van der Waals surface area contributed by atoms with Gasteiger partial charge in [-0.25, -0.2) is 0 Å². The van der Waals surface area contributed by atoms with Crippen LogP contribution in [-0.2, 0) is 11.3 Å². The standard InChI is InChI=1S/C18H17N3O2S/c1-23-16-9-7-15(8-10-16)12-21-17(22)13-24-18(21)20-19-11-14-5-3-2-4-6-14/h2-11H,12-13H2,1H3/b19-11+,20-18-. The van der Waals surface area contributed by atoms with Crippen molar-refractivity contribution in [2.24, 2.45) is 10.2 Å². The zero-order valence-electron chi connectivity index (χ0n) is 13.3. The first-order valence-electron chi connectivity index (χ1n) is 7.48. The van der Waals surface area contributed by atoms with Gasteiger partial charge in [-0.3, -0.25) is 9.69 Å². The molecular weight excluding hydrogens is 322 g/mol. The maximum atomic E-state index is 12.1. The van der Waals surface area contributed by atoms with Crippen molar-refractivity contribution < 1.29 is 9.53 Å². The summed E-state index contributed by atoms with van der Waals surface area (Å²) in [7, 11) is 1.63. The molecule has 0 radical (unpaired) electrons. The van der Waals surface area contributed by atoms with Crippen LogP contribution in [0.1, 0.15) is 11.1 Å². The first-order chi connectivity index (χ1) is 11.8. The monoisotopic (exact) mass is 339 g/mol. The van der Waals surface area contributed by atoms with E-state index in [1.165, 1.54) is 11.8 Å². The summed E-state index contributed by atoms with van der Waals surface area (Å²) >= 11 is 1.41. The molecule has 1 saturated heterocycles. The van der Waals surface area contributed by atoms with E-state index >= 15 is 0 Å². The molecule has 0 N–H and O–H groups in total. The molecule has 24 heavy (non-hydrogen) atoms. The van der Waals surface area contributed by atoms with E-state index in [0.29, 0.717) is 17.5 Å². The molecule has 2 aromatic rings. The van der Waals surface area contributed by atoms with Crippen LogP contribution in [0.5, 0.6) is 5.75 Å². The zero-order valence-corrected chi connectivity index (χ0v) is 14.1. The Kier molecular flexibility index (Phi) is 5.28. The summed E-state index contributed by atoms with van der Waals surface area (Å²) in [6, 6.07) is 17.4. The fraction of sp³-hybridized carbons (Fsp3) is 0.167. The quantitative estimate of drug-likeness (QED) is 0.621. The number of ether oxygens (including phenoxy) is 1. The highest BCUT2D eigenvalue weighted by Crippen LogP contribution is 2.22. The first-order valence-corrected chi connectivity index (χ1v) is 8.47. The van der Waals surface area contributed by atoms with Crippen molar-refractivity contribution in [2.75, 3.05) is 12.9 Å². The fourth-order valence-corrected chi connectivity index (χ4v) is 3.06. The van der Waals surface area contributed by atoms with Crippen LogP contribution in [-0.4, -0.2) is 35.1 Å². The molecule has 0 spiro atoms. The van der Waals surface area contributed by atoms with Gasteiger partial charge in [0, 0.05) is 0 Å². The van der Waals surface area contributed by atoms with Gasteiger partial charge in [-0.05, 0) is 23.3 Å². The molecule has 0 saturated carbocycles. The minimum Gasteiger partial charge on any atom is -0.497 e. The van der Waals surface area contributed by atoms with Crippen LogP contribution in [0.15, 0.2) is 64.8 Å². The van der Waals surface area contributed by atoms with E-state index in [4.69, 9.17) is 4.74 Å². The third-order valence-corrected chi connectivity index (χ3v) is 4.46. The molecule has 3 rings (SSSR count). The number of thioether (sulfide) groups is 1. The number of benzene rings is 2. The van der Waals surface area contributed by atoms with Gasteiger partial charge in [0.25, 0.3) is 0 Å². The highest BCUT2D eigenvalue weighted by atomic mass is 32.2. The molecule has 0 bridgehead atoms. The smallest absolute Gasteiger partial charge is 0.239 e. The highest BCUT2D eigenvalue weighted by Gasteiger charge is 2.28. The minimum atomic E-state index is 0.0458. The van der Waals surface area contributed by atoms with Crippen LogP contribution >= 0.6 is 11.8 Å². The summed E-state index contributed by atoms with van der Waals surface area (Å²) in [6.07, 6.45) is 1.68. The lowest BCUT2D eigenvalue weighted by Gasteiger charge is -2.15. The Hall–Kier alpha value is -2.60. The third kappa shape index (κ3) is 4.02. The first kappa shape index (κ1) is 16.3. The minimum absolute atomic E-state index is 0.0458. The Morgan fingerprint density at radius 3 is 2.62 bits per heavy atom. The number of hydrogen-bond acceptors (Lipinski definition) is 5. The molecule has 1 aliphatic rings. The topological polar surface area (TPSA) is 54.3 Å². The predicted molar refractivity (Wildman–Crippen MR) is 97.5 cm³/mol. The average Bonchev–Trinajstić information content (AvgIpc) is 2.97. The van der Waals surface area contributed by atoms with E-state index in [-0.39, 0.29) is 5.91 Å². The molecule has 1 amide bonds. The van der Waals surface area contributed by atoms with Crippen LogP contribution in [0, 0.1) is 0 Å². The SMILES string of the molecule is COc1ccc(CN2C(=O)CS/C2=N\N=C\c2ccccc2)cc1. The Morgan fingerprint density at radius 2 is 1.92 bits per heavy atom. The van der Waals surface area contributed by atoms with Crippen LogP contribution in [0.4, 0.5) is 0 Å². The number of nitrogens with zero attached hydrogens (tertiary/aromatic N) is 3. The maximum Gasteiger partial charge on any atom is 0.239 e. The number of amidine groups is 1. The molecule has 1 aliphatic heterocycles. The number of methoxy groups -OCH3 is 1. The summed E-state index contributed by atoms with van der Waals surface area (Å²) in [6.45, 7) is 0.482. The Balaban J connectivity index is 1.71. The van der Waals surface area contributed by atoms with E-state index in [1.807, 2.05) is 54.6 Å². The van der Waals surface area contributed by atoms with Gasteiger partial charge in [-0.15, -0.1) is 5.10 Å². The number of rotatable bonds is 5. The second-order valence-electron chi connectivity index (χ2n) is 5.15. The van der Waals surface area contributed by atoms with E-state index in [0.717, 1.165) is 16.9 Å². The van der Waals surface area contributed by atoms with Crippen LogP contribution in [0.3, 0.4) is 0 Å². The molecule has 0 aliphatic carbocycles. The Morgan fingerprint density at radius 1 is 1.17 bits per heavy atom. The van der Waals surface area contributed by atoms with E-state index in [2.05, 4.69) is 10.2 Å². The summed E-state index contributed by atoms with van der Waals surface area (Å²) in [5, 5.41) is 8.94. The number of carbonyl (C=O) groups excluding carboxylic acids is 1. The average molecular weight is 339 g/mol. The van der Waals surface area contributed by atoms with Gasteiger partial charge in [-0.2, -0.15) is 5.10 Å². The lowest BCUT2D eigenvalue weighted by atomic mass is 10.2. The molecule has 0 unspecified atom stereocenters. The van der Waals surface area contributed by atoms with Crippen molar-refractivity contribution in [1.82, 2.24) is 4.90 Å². The van der Waals surface area contributed by atoms with E-state index in [1.54, 1.807) is 18.2 Å². The van der Waals surface area contributed by atoms with Gasteiger partial charge < -0.3 is 4.74 Å². The van der Waals surface area contributed by atoms with Gasteiger partial charge in [0.2, 0.25) is 5.91 Å². The second kappa shape index (κ2) is 7.79. The van der Waals surface area contributed by atoms with Gasteiger partial charge in [0.15, 0.2) is 5.17 Å². The second-order valence-corrected chi connectivity index (χ2v) is 6.10. The highest BCUT2D eigenvalue weighted by molar-refractivity contribution is 8.15. The molecule has 2 aromatic carbocycles. The summed E-state index contributed by atoms with van der Waals surface area (Å²) in [4.78, 5) is 13.8. The summed E-state index contributed by atoms with van der Waals surface area (Å²) < 4.78 is 5.15. The van der Waals surface area contributed by atoms with Crippen molar-refractivity contribution in [2.45, 2.75) is 6.54 Å². The third-order valence-electron chi connectivity index (χ3n) is 3.51. The molecule has 5 nitrogen and oxygen atoms in total. The molecule has 6 heteroatoms. The summed E-state index contributed by atoms with van der Waals surface area (Å²) in [5.41, 5.74) is 1.99. The van der Waals surface area contributed by atoms with Crippen LogP contribution < -0.4 is 4.74 Å². The summed E-state index contributed by atoms with van der Waals surface area (Å²) in [5.74, 6) is 1.24. The number of amides is 1. The molecule has 0 aromatic heterocycles. The Labute approximate surface area is 145 Å². The molecule has 1 fully saturated rings. The van der Waals surface area contributed by atoms with Gasteiger partial charge >= 0.3 is 0 Å². The maximum absolute atomic E-state index is 12.1. The van der Waals surface area contributed by atoms with Crippen molar-refractivity contribution in [1.29, 1.82) is 0 Å². The fourth-order valence-electron chi connectivity index (χ4n) is 2.23. The predicted octanol–water partition coefficient (Wildman–Crippen LogP) is 3.16. The van der Waals surface area contributed by atoms with Gasteiger partial charge in [0.1, 0.15) is 5.75 Å². The molecular formula is C18H17N3O2S. The zero-order chi connectivity index (χ0) is 16.8. The van der Waals surface area contributed by atoms with E-state index < -0.39 is 0 Å². The molecule has 122 valence electrons. The van der Waals surface area contributed by atoms with E-state index in [9.17, 15) is 4.79 Å². The largest absolute Gasteiger partial charge is 0.497 e. The van der Waals surface area contributed by atoms with Crippen molar-refractivity contribution in [3.8, 4) is 5.75 Å². The van der Waals surface area contributed by atoms with Gasteiger partial charge in [-0.1, -0.05) is 54.2 Å². The normalized spacial score (nSPS) is 16.3. The van der Waals surface area contributed by atoms with Crippen LogP contribution in [0.2, 0.25) is 0 Å². The lowest BCUT2D eigenvalue weighted by Crippen LogP contribution is -2.28. The van der Waals surface area contributed by atoms with Crippen molar-refractivity contribution in [3.63, 3.8) is 0 Å². The number of hydrogen-bond donors (Lipinski definition) is 0.